The van der Waals surface area contributed by atoms with Gasteiger partial charge in [0.2, 0.25) is 0 Å². The van der Waals surface area contributed by atoms with Gasteiger partial charge in [-0.05, 0) is 0 Å². The fraction of sp³-hybridized carbons (Fsp3) is 0.250. The lowest BCUT2D eigenvalue weighted by atomic mass is 10.5. The fourth-order valence-electron chi connectivity index (χ4n) is 1.18. The molecule has 6 heteroatoms. The van der Waals surface area contributed by atoms with E-state index in [1.165, 1.54) is 18.5 Å². The molecule has 1 aromatic heterocycles. The molecule has 1 aliphatic rings. The average molecular weight is 192 g/mol. The number of nitrogens with zero attached hydrogens (tertiary/aromatic N) is 4. The SMILES string of the molecule is Cn1cnnc1CN1C(=O)C=CC1=O. The van der Waals surface area contributed by atoms with Gasteiger partial charge in [-0.3, -0.25) is 14.5 Å². The van der Waals surface area contributed by atoms with E-state index in [0.717, 1.165) is 4.90 Å². The van der Waals surface area contributed by atoms with Gasteiger partial charge in [-0.2, -0.15) is 0 Å². The molecule has 1 aromatic rings. The molecule has 2 rings (SSSR count). The number of carbonyl (C=O) groups is 2. The molecule has 0 N–H and O–H groups in total. The monoisotopic (exact) mass is 192 g/mol. The zero-order valence-electron chi connectivity index (χ0n) is 7.54. The number of amides is 2. The van der Waals surface area contributed by atoms with Crippen LogP contribution in [0.2, 0.25) is 0 Å². The predicted molar refractivity (Wildman–Crippen MR) is 45.7 cm³/mol. The van der Waals surface area contributed by atoms with Crippen LogP contribution in [0.5, 0.6) is 0 Å². The van der Waals surface area contributed by atoms with E-state index in [0.29, 0.717) is 5.82 Å². The molecule has 0 radical (unpaired) electrons. The van der Waals surface area contributed by atoms with Gasteiger partial charge in [0.25, 0.3) is 11.8 Å². The molecule has 0 saturated heterocycles. The molecule has 2 amide bonds. The highest BCUT2D eigenvalue weighted by Gasteiger charge is 2.24. The van der Waals surface area contributed by atoms with Gasteiger partial charge < -0.3 is 4.57 Å². The van der Waals surface area contributed by atoms with Crippen LogP contribution in [0.1, 0.15) is 5.82 Å². The lowest BCUT2D eigenvalue weighted by Crippen LogP contribution is -2.30. The van der Waals surface area contributed by atoms with Gasteiger partial charge in [0.15, 0.2) is 5.82 Å². The molecule has 14 heavy (non-hydrogen) atoms. The lowest BCUT2D eigenvalue weighted by molar-refractivity contribution is -0.137. The van der Waals surface area contributed by atoms with Crippen LogP contribution in [-0.2, 0) is 23.2 Å². The topological polar surface area (TPSA) is 68.1 Å². The molecular weight excluding hydrogens is 184 g/mol. The van der Waals surface area contributed by atoms with Crippen molar-refractivity contribution in [1.29, 1.82) is 0 Å². The van der Waals surface area contributed by atoms with Gasteiger partial charge >= 0.3 is 0 Å². The van der Waals surface area contributed by atoms with E-state index in [1.807, 2.05) is 0 Å². The van der Waals surface area contributed by atoms with Crippen LogP contribution in [0, 0.1) is 0 Å². The third-order valence-corrected chi connectivity index (χ3v) is 2.01. The maximum Gasteiger partial charge on any atom is 0.254 e. The van der Waals surface area contributed by atoms with Gasteiger partial charge in [-0.1, -0.05) is 0 Å². The Morgan fingerprint density at radius 2 is 1.93 bits per heavy atom. The molecule has 0 atom stereocenters. The van der Waals surface area contributed by atoms with Crippen molar-refractivity contribution in [3.8, 4) is 0 Å². The molecule has 0 aromatic carbocycles. The Kier molecular flexibility index (Phi) is 1.88. The summed E-state index contributed by atoms with van der Waals surface area (Å²) >= 11 is 0. The van der Waals surface area contributed by atoms with Crippen LogP contribution in [0.15, 0.2) is 18.5 Å². The van der Waals surface area contributed by atoms with Crippen molar-refractivity contribution in [2.24, 2.45) is 7.05 Å². The molecule has 0 spiro atoms. The molecule has 2 heterocycles. The molecule has 1 aliphatic heterocycles. The molecule has 72 valence electrons. The van der Waals surface area contributed by atoms with Gasteiger partial charge in [-0.25, -0.2) is 0 Å². The third-order valence-electron chi connectivity index (χ3n) is 2.01. The molecule has 0 bridgehead atoms. The molecule has 0 fully saturated rings. The van der Waals surface area contributed by atoms with E-state index in [2.05, 4.69) is 10.2 Å². The largest absolute Gasteiger partial charge is 0.319 e. The van der Waals surface area contributed by atoms with Crippen molar-refractivity contribution in [2.75, 3.05) is 0 Å². The quantitative estimate of drug-likeness (QED) is 0.577. The Balaban J connectivity index is 2.16. The first-order chi connectivity index (χ1) is 6.68. The summed E-state index contributed by atoms with van der Waals surface area (Å²) in [6.07, 6.45) is 4.02. The van der Waals surface area contributed by atoms with Gasteiger partial charge in [0.1, 0.15) is 6.33 Å². The smallest absolute Gasteiger partial charge is 0.254 e. The first kappa shape index (κ1) is 8.61. The Labute approximate surface area is 79.8 Å². The van der Waals surface area contributed by atoms with E-state index in [4.69, 9.17) is 0 Å². The lowest BCUT2D eigenvalue weighted by Gasteiger charge is -2.12. The van der Waals surface area contributed by atoms with Gasteiger partial charge in [0.05, 0.1) is 6.54 Å². The van der Waals surface area contributed by atoms with Crippen molar-refractivity contribution in [1.82, 2.24) is 19.7 Å². The van der Waals surface area contributed by atoms with Crippen LogP contribution in [0.4, 0.5) is 0 Å². The highest BCUT2D eigenvalue weighted by molar-refractivity contribution is 6.12. The second-order valence-electron chi connectivity index (χ2n) is 2.95. The zero-order chi connectivity index (χ0) is 10.1. The summed E-state index contributed by atoms with van der Waals surface area (Å²) in [4.78, 5) is 23.5. The fourth-order valence-corrected chi connectivity index (χ4v) is 1.18. The van der Waals surface area contributed by atoms with Crippen LogP contribution >= 0.6 is 0 Å². The number of rotatable bonds is 2. The maximum atomic E-state index is 11.2. The molecule has 0 saturated carbocycles. The van der Waals surface area contributed by atoms with Crippen LogP contribution < -0.4 is 0 Å². The third kappa shape index (κ3) is 1.30. The van der Waals surface area contributed by atoms with E-state index in [9.17, 15) is 9.59 Å². The van der Waals surface area contributed by atoms with Crippen LogP contribution in [-0.4, -0.2) is 31.5 Å². The zero-order valence-corrected chi connectivity index (χ0v) is 7.54. The Bertz CT molecular complexity index is 403. The Hall–Kier alpha value is -1.98. The Morgan fingerprint density at radius 3 is 2.43 bits per heavy atom. The van der Waals surface area contributed by atoms with Crippen LogP contribution in [0.3, 0.4) is 0 Å². The number of imide groups is 1. The van der Waals surface area contributed by atoms with Crippen molar-refractivity contribution in [3.63, 3.8) is 0 Å². The van der Waals surface area contributed by atoms with E-state index in [-0.39, 0.29) is 18.4 Å². The van der Waals surface area contributed by atoms with Crippen molar-refractivity contribution < 1.29 is 9.59 Å². The minimum Gasteiger partial charge on any atom is -0.319 e. The summed E-state index contributed by atoms with van der Waals surface area (Å²) in [5.41, 5.74) is 0. The highest BCUT2D eigenvalue weighted by Crippen LogP contribution is 2.07. The number of carbonyl (C=O) groups excluding carboxylic acids is 2. The standard InChI is InChI=1S/C8H8N4O2/c1-11-5-9-10-6(11)4-12-7(13)2-3-8(12)14/h2-3,5H,4H2,1H3. The molecule has 6 nitrogen and oxygen atoms in total. The first-order valence-corrected chi connectivity index (χ1v) is 4.05. The van der Waals surface area contributed by atoms with Crippen molar-refractivity contribution >= 4 is 11.8 Å². The van der Waals surface area contributed by atoms with Gasteiger partial charge in [0, 0.05) is 19.2 Å². The number of aromatic nitrogens is 3. The molecule has 0 unspecified atom stereocenters. The maximum absolute atomic E-state index is 11.2. The predicted octanol–water partition coefficient (Wildman–Crippen LogP) is -0.760. The molecule has 0 aliphatic carbocycles. The van der Waals surface area contributed by atoms with E-state index in [1.54, 1.807) is 11.6 Å². The van der Waals surface area contributed by atoms with E-state index < -0.39 is 0 Å². The minimum atomic E-state index is -0.307. The minimum absolute atomic E-state index is 0.168. The number of hydrogen-bond acceptors (Lipinski definition) is 4. The second kappa shape index (κ2) is 3.06. The van der Waals surface area contributed by atoms with E-state index >= 15 is 0 Å². The summed E-state index contributed by atoms with van der Waals surface area (Å²) < 4.78 is 1.67. The Morgan fingerprint density at radius 1 is 1.29 bits per heavy atom. The number of aryl methyl sites for hydroxylation is 1. The van der Waals surface area contributed by atoms with Crippen molar-refractivity contribution in [2.45, 2.75) is 6.54 Å². The number of hydrogen-bond donors (Lipinski definition) is 0. The normalized spacial score (nSPS) is 15.6. The average Bonchev–Trinajstić information content (AvgIpc) is 2.67. The van der Waals surface area contributed by atoms with Crippen LogP contribution in [0.25, 0.3) is 0 Å². The van der Waals surface area contributed by atoms with Crippen molar-refractivity contribution in [3.05, 3.63) is 24.3 Å². The first-order valence-electron chi connectivity index (χ1n) is 4.05. The second-order valence-corrected chi connectivity index (χ2v) is 2.95. The summed E-state index contributed by atoms with van der Waals surface area (Å²) in [5, 5.41) is 7.44. The summed E-state index contributed by atoms with van der Waals surface area (Å²) in [6.45, 7) is 0.168. The van der Waals surface area contributed by atoms with Gasteiger partial charge in [-0.15, -0.1) is 10.2 Å². The highest BCUT2D eigenvalue weighted by atomic mass is 16.2. The summed E-state index contributed by atoms with van der Waals surface area (Å²) in [5.74, 6) is -0.0357. The summed E-state index contributed by atoms with van der Waals surface area (Å²) in [6, 6.07) is 0. The summed E-state index contributed by atoms with van der Waals surface area (Å²) in [7, 11) is 1.76. The molecular formula is C8H8N4O2.